The first-order valence-corrected chi connectivity index (χ1v) is 14.7. The Morgan fingerprint density at radius 1 is 1.00 bits per heavy atom. The minimum Gasteiger partial charge on any atom is -0.349 e. The summed E-state index contributed by atoms with van der Waals surface area (Å²) >= 11 is 0. The van der Waals surface area contributed by atoms with Crippen molar-refractivity contribution in [1.29, 1.82) is 0 Å². The monoisotopic (exact) mass is 510 g/mol. The van der Waals surface area contributed by atoms with Crippen LogP contribution in [0.15, 0.2) is 66.4 Å². The molecule has 6 rings (SSSR count). The second-order valence-corrected chi connectivity index (χ2v) is 13.0. The lowest BCUT2D eigenvalue weighted by Gasteiger charge is -2.57. The number of carbonyl (C=O) groups is 2. The maximum atomic E-state index is 14.1. The smallest absolute Gasteiger partial charge is 0.224 e. The van der Waals surface area contributed by atoms with E-state index in [0.717, 1.165) is 44.9 Å². The number of benzene rings is 2. The molecule has 0 bridgehead atoms. The summed E-state index contributed by atoms with van der Waals surface area (Å²) in [6.45, 7) is 6.90. The molecular weight excluding hydrogens is 468 g/mol. The fourth-order valence-corrected chi connectivity index (χ4v) is 8.79. The van der Waals surface area contributed by atoms with Gasteiger partial charge in [0, 0.05) is 23.5 Å². The molecule has 4 aliphatic rings. The summed E-state index contributed by atoms with van der Waals surface area (Å²) in [6, 6.07) is 19.1. The van der Waals surface area contributed by atoms with Crippen molar-refractivity contribution in [2.75, 3.05) is 0 Å². The van der Waals surface area contributed by atoms with Crippen molar-refractivity contribution in [3.05, 3.63) is 83.1 Å². The Balaban J connectivity index is 1.22. The minimum absolute atomic E-state index is 0.0321. The quantitative estimate of drug-likeness (QED) is 0.473. The van der Waals surface area contributed by atoms with Gasteiger partial charge in [0.15, 0.2) is 0 Å². The predicted octanol–water partition coefficient (Wildman–Crippen LogP) is 6.66. The summed E-state index contributed by atoms with van der Waals surface area (Å²) < 4.78 is 0. The van der Waals surface area contributed by atoms with Gasteiger partial charge < -0.3 is 10.6 Å². The van der Waals surface area contributed by atoms with Crippen molar-refractivity contribution in [3.8, 4) is 0 Å². The molecule has 200 valence electrons. The first-order valence-electron chi connectivity index (χ1n) is 14.7. The van der Waals surface area contributed by atoms with E-state index in [1.807, 2.05) is 6.07 Å². The first kappa shape index (κ1) is 25.4. The Bertz CT molecular complexity index is 1230. The second kappa shape index (κ2) is 9.70. The third kappa shape index (κ3) is 4.30. The van der Waals surface area contributed by atoms with E-state index < -0.39 is 0 Å². The number of fused-ring (bicyclic) bond motifs is 5. The molecular formula is C34H42N2O2. The fourth-order valence-electron chi connectivity index (χ4n) is 8.79. The zero-order chi connectivity index (χ0) is 26.5. The van der Waals surface area contributed by atoms with Gasteiger partial charge in [-0.05, 0) is 86.2 Å². The molecule has 2 saturated carbocycles. The standard InChI is InChI=1S/C34H42N2O2/c1-22-9-11-23(12-10-22)21-29(24-7-5-4-6-8-24)35-32(38)28-15-14-26-25-13-16-30-34(3,20-18-31(37)36-30)27(25)17-19-33(26,28)2/h4-12,16,25-29H,13-15,17-21H2,1-3H3,(H,35,38)(H,36,37)/t25-,26-,27+,28?,29?,33-,34+/m0/s1. The van der Waals surface area contributed by atoms with Gasteiger partial charge in [0.05, 0.1) is 6.04 Å². The zero-order valence-electron chi connectivity index (χ0n) is 23.1. The number of rotatable bonds is 5. The van der Waals surface area contributed by atoms with Gasteiger partial charge in [0.1, 0.15) is 0 Å². The van der Waals surface area contributed by atoms with Gasteiger partial charge in [-0.15, -0.1) is 0 Å². The van der Waals surface area contributed by atoms with E-state index in [1.165, 1.54) is 22.4 Å². The van der Waals surface area contributed by atoms with Crippen LogP contribution in [0.3, 0.4) is 0 Å². The van der Waals surface area contributed by atoms with Crippen LogP contribution in [0.2, 0.25) is 0 Å². The van der Waals surface area contributed by atoms with Gasteiger partial charge in [0.2, 0.25) is 11.8 Å². The summed E-state index contributed by atoms with van der Waals surface area (Å²) in [5.41, 5.74) is 4.96. The van der Waals surface area contributed by atoms with Crippen molar-refractivity contribution in [3.63, 3.8) is 0 Å². The summed E-state index contributed by atoms with van der Waals surface area (Å²) in [6.07, 6.45) is 10.1. The Hall–Kier alpha value is -2.88. The summed E-state index contributed by atoms with van der Waals surface area (Å²) in [5.74, 6) is 2.23. The molecule has 0 spiro atoms. The molecule has 0 radical (unpaired) electrons. The number of hydrogen-bond donors (Lipinski definition) is 2. The van der Waals surface area contributed by atoms with Crippen LogP contribution in [-0.4, -0.2) is 11.8 Å². The van der Waals surface area contributed by atoms with Crippen LogP contribution in [-0.2, 0) is 16.0 Å². The lowest BCUT2D eigenvalue weighted by atomic mass is 9.49. The molecule has 1 aliphatic heterocycles. The van der Waals surface area contributed by atoms with Crippen LogP contribution in [0, 0.1) is 41.4 Å². The lowest BCUT2D eigenvalue weighted by molar-refractivity contribution is -0.133. The molecule has 38 heavy (non-hydrogen) atoms. The Labute approximate surface area is 227 Å². The highest BCUT2D eigenvalue weighted by molar-refractivity contribution is 5.81. The molecule has 4 nitrogen and oxygen atoms in total. The molecule has 4 heteroatoms. The molecule has 2 amide bonds. The van der Waals surface area contributed by atoms with Gasteiger partial charge >= 0.3 is 0 Å². The normalized spacial score (nSPS) is 34.7. The Kier molecular flexibility index (Phi) is 6.48. The number of carbonyl (C=O) groups excluding carboxylic acids is 2. The van der Waals surface area contributed by atoms with E-state index in [4.69, 9.17) is 0 Å². The average molecular weight is 511 g/mol. The SMILES string of the molecule is Cc1ccc(CC(NC(=O)C2CC[C@H]3[C@@H]4CC=C5NC(=O)CC[C@]5(C)[C@@H]4CC[C@]23C)c2ccccc2)cc1. The van der Waals surface area contributed by atoms with Crippen LogP contribution in [0.5, 0.6) is 0 Å². The number of piperidine rings is 1. The third-order valence-corrected chi connectivity index (χ3v) is 11.0. The third-order valence-electron chi connectivity index (χ3n) is 11.0. The average Bonchev–Trinajstić information content (AvgIpc) is 3.28. The number of allylic oxidation sites excluding steroid dienone is 2. The van der Waals surface area contributed by atoms with Gasteiger partial charge in [0.25, 0.3) is 0 Å². The number of amides is 2. The molecule has 3 aliphatic carbocycles. The molecule has 0 aromatic heterocycles. The largest absolute Gasteiger partial charge is 0.349 e. The molecule has 1 heterocycles. The number of nitrogens with one attached hydrogen (secondary N) is 2. The van der Waals surface area contributed by atoms with Crippen molar-refractivity contribution in [2.24, 2.45) is 34.5 Å². The molecule has 2 N–H and O–H groups in total. The highest BCUT2D eigenvalue weighted by Gasteiger charge is 2.60. The predicted molar refractivity (Wildman–Crippen MR) is 151 cm³/mol. The van der Waals surface area contributed by atoms with Crippen LogP contribution < -0.4 is 10.6 Å². The van der Waals surface area contributed by atoms with E-state index in [2.05, 4.69) is 86.0 Å². The van der Waals surface area contributed by atoms with E-state index >= 15 is 0 Å². The molecule has 2 aromatic carbocycles. The Morgan fingerprint density at radius 3 is 2.53 bits per heavy atom. The van der Waals surface area contributed by atoms with E-state index in [-0.39, 0.29) is 34.6 Å². The topological polar surface area (TPSA) is 58.2 Å². The summed E-state index contributed by atoms with van der Waals surface area (Å²) in [4.78, 5) is 26.1. The van der Waals surface area contributed by atoms with E-state index in [1.54, 1.807) is 0 Å². The van der Waals surface area contributed by atoms with Crippen LogP contribution in [0.25, 0.3) is 0 Å². The van der Waals surface area contributed by atoms with Crippen LogP contribution >= 0.6 is 0 Å². The molecule has 2 unspecified atom stereocenters. The van der Waals surface area contributed by atoms with Crippen molar-refractivity contribution in [2.45, 2.75) is 78.2 Å². The number of hydrogen-bond acceptors (Lipinski definition) is 2. The lowest BCUT2D eigenvalue weighted by Crippen LogP contribution is -2.54. The van der Waals surface area contributed by atoms with Crippen LogP contribution in [0.1, 0.15) is 81.5 Å². The van der Waals surface area contributed by atoms with Gasteiger partial charge in [-0.2, -0.15) is 0 Å². The van der Waals surface area contributed by atoms with Gasteiger partial charge in [-0.1, -0.05) is 80.1 Å². The highest BCUT2D eigenvalue weighted by atomic mass is 16.2. The van der Waals surface area contributed by atoms with Crippen LogP contribution in [0.4, 0.5) is 0 Å². The molecule has 3 fully saturated rings. The highest BCUT2D eigenvalue weighted by Crippen LogP contribution is 2.65. The summed E-state index contributed by atoms with van der Waals surface area (Å²) in [7, 11) is 0. The maximum absolute atomic E-state index is 14.1. The van der Waals surface area contributed by atoms with Gasteiger partial charge in [-0.25, -0.2) is 0 Å². The van der Waals surface area contributed by atoms with E-state index in [0.29, 0.717) is 24.2 Å². The van der Waals surface area contributed by atoms with Crippen molar-refractivity contribution in [1.82, 2.24) is 10.6 Å². The summed E-state index contributed by atoms with van der Waals surface area (Å²) in [5, 5.41) is 6.73. The molecule has 1 saturated heterocycles. The Morgan fingerprint density at radius 2 is 1.76 bits per heavy atom. The minimum atomic E-state index is -0.0321. The zero-order valence-corrected chi connectivity index (χ0v) is 23.1. The van der Waals surface area contributed by atoms with Crippen molar-refractivity contribution >= 4 is 11.8 Å². The maximum Gasteiger partial charge on any atom is 0.224 e. The van der Waals surface area contributed by atoms with E-state index in [9.17, 15) is 9.59 Å². The molecule has 7 atom stereocenters. The number of aryl methyl sites for hydroxylation is 1. The molecule has 2 aromatic rings. The first-order chi connectivity index (χ1) is 18.3. The second-order valence-electron chi connectivity index (χ2n) is 13.0. The van der Waals surface area contributed by atoms with Crippen molar-refractivity contribution < 1.29 is 9.59 Å². The fraction of sp³-hybridized carbons (Fsp3) is 0.529. The van der Waals surface area contributed by atoms with Gasteiger partial charge in [-0.3, -0.25) is 9.59 Å².